The molecule has 0 bridgehead atoms. The summed E-state index contributed by atoms with van der Waals surface area (Å²) in [6.45, 7) is 5.21. The SMILES string of the molecule is CC(C)(C)OC(=O)c1ncc(-c2cccc(F)c2)c2cc(B(O)O)[nH]c12. The van der Waals surface area contributed by atoms with E-state index in [-0.39, 0.29) is 11.3 Å². The normalized spacial score (nSPS) is 11.6. The zero-order valence-corrected chi connectivity index (χ0v) is 14.6. The summed E-state index contributed by atoms with van der Waals surface area (Å²) in [5.74, 6) is -1.06. The van der Waals surface area contributed by atoms with E-state index in [1.54, 1.807) is 32.9 Å². The van der Waals surface area contributed by atoms with Crippen LogP contribution in [0.25, 0.3) is 22.0 Å². The first-order chi connectivity index (χ1) is 12.2. The minimum Gasteiger partial charge on any atom is -0.455 e. The molecule has 0 radical (unpaired) electrons. The number of H-pyrrole nitrogens is 1. The van der Waals surface area contributed by atoms with Crippen LogP contribution in [0.1, 0.15) is 31.3 Å². The number of aromatic nitrogens is 2. The van der Waals surface area contributed by atoms with Crippen molar-refractivity contribution >= 4 is 29.6 Å². The molecule has 0 aliphatic rings. The number of esters is 1. The molecule has 3 aromatic rings. The summed E-state index contributed by atoms with van der Waals surface area (Å²) in [7, 11) is -1.76. The van der Waals surface area contributed by atoms with Crippen molar-refractivity contribution in [2.45, 2.75) is 26.4 Å². The first-order valence-corrected chi connectivity index (χ1v) is 8.03. The monoisotopic (exact) mass is 356 g/mol. The summed E-state index contributed by atoms with van der Waals surface area (Å²) < 4.78 is 19.0. The van der Waals surface area contributed by atoms with Crippen LogP contribution < -0.4 is 5.59 Å². The summed E-state index contributed by atoms with van der Waals surface area (Å²) in [5, 5.41) is 19.5. The molecule has 0 atom stereocenters. The van der Waals surface area contributed by atoms with E-state index in [1.165, 1.54) is 24.4 Å². The zero-order chi connectivity index (χ0) is 19.1. The van der Waals surface area contributed by atoms with Gasteiger partial charge in [0.2, 0.25) is 0 Å². The molecule has 1 aromatic carbocycles. The molecular weight excluding hydrogens is 338 g/mol. The Morgan fingerprint density at radius 2 is 2.00 bits per heavy atom. The highest BCUT2D eigenvalue weighted by molar-refractivity contribution is 6.58. The number of benzene rings is 1. The predicted octanol–water partition coefficient (Wildman–Crippen LogP) is 2.00. The Kier molecular flexibility index (Phi) is 4.56. The van der Waals surface area contributed by atoms with Gasteiger partial charge in [0.25, 0.3) is 0 Å². The van der Waals surface area contributed by atoms with Crippen LogP contribution in [0.15, 0.2) is 36.5 Å². The van der Waals surface area contributed by atoms with Gasteiger partial charge in [0, 0.05) is 22.7 Å². The van der Waals surface area contributed by atoms with Crippen molar-refractivity contribution in [2.24, 2.45) is 0 Å². The van der Waals surface area contributed by atoms with E-state index < -0.39 is 24.5 Å². The Morgan fingerprint density at radius 3 is 2.62 bits per heavy atom. The average molecular weight is 356 g/mol. The number of nitrogens with one attached hydrogen (secondary N) is 1. The molecule has 8 heteroatoms. The van der Waals surface area contributed by atoms with E-state index in [2.05, 4.69) is 9.97 Å². The fourth-order valence-corrected chi connectivity index (χ4v) is 2.64. The number of carbonyl (C=O) groups excluding carboxylic acids is 1. The van der Waals surface area contributed by atoms with E-state index in [0.29, 0.717) is 22.0 Å². The number of hydrogen-bond acceptors (Lipinski definition) is 5. The largest absolute Gasteiger partial charge is 0.505 e. The number of halogens is 1. The van der Waals surface area contributed by atoms with Crippen molar-refractivity contribution in [1.29, 1.82) is 0 Å². The minimum atomic E-state index is -1.76. The molecule has 134 valence electrons. The molecule has 6 nitrogen and oxygen atoms in total. The molecule has 0 aliphatic carbocycles. The fraction of sp³-hybridized carbons (Fsp3) is 0.222. The van der Waals surface area contributed by atoms with Crippen molar-refractivity contribution in [3.8, 4) is 11.1 Å². The van der Waals surface area contributed by atoms with Crippen molar-refractivity contribution in [2.75, 3.05) is 0 Å². The van der Waals surface area contributed by atoms with Gasteiger partial charge in [-0.15, -0.1) is 0 Å². The highest BCUT2D eigenvalue weighted by Gasteiger charge is 2.25. The molecule has 2 aromatic heterocycles. The number of hydrogen-bond donors (Lipinski definition) is 3. The second kappa shape index (κ2) is 6.55. The Morgan fingerprint density at radius 1 is 1.27 bits per heavy atom. The van der Waals surface area contributed by atoms with Gasteiger partial charge < -0.3 is 19.8 Å². The predicted molar refractivity (Wildman–Crippen MR) is 96.5 cm³/mol. The third-order valence-electron chi connectivity index (χ3n) is 3.69. The Bertz CT molecular complexity index is 979. The molecule has 0 saturated heterocycles. The summed E-state index contributed by atoms with van der Waals surface area (Å²) in [5.41, 5.74) is 0.797. The first-order valence-electron chi connectivity index (χ1n) is 8.03. The average Bonchev–Trinajstić information content (AvgIpc) is 2.97. The fourth-order valence-electron chi connectivity index (χ4n) is 2.64. The van der Waals surface area contributed by atoms with Crippen LogP contribution in [-0.2, 0) is 4.74 Å². The van der Waals surface area contributed by atoms with Gasteiger partial charge in [-0.3, -0.25) is 0 Å². The molecule has 0 unspecified atom stereocenters. The van der Waals surface area contributed by atoms with Gasteiger partial charge in [0.05, 0.1) is 5.52 Å². The van der Waals surface area contributed by atoms with Crippen LogP contribution in [0.4, 0.5) is 4.39 Å². The molecule has 3 rings (SSSR count). The number of fused-ring (bicyclic) bond motifs is 1. The lowest BCUT2D eigenvalue weighted by molar-refractivity contribution is 0.00651. The second-order valence-corrected chi connectivity index (χ2v) is 6.92. The third-order valence-corrected chi connectivity index (χ3v) is 3.69. The lowest BCUT2D eigenvalue weighted by Gasteiger charge is -2.19. The molecule has 0 saturated carbocycles. The van der Waals surface area contributed by atoms with Gasteiger partial charge in [0.15, 0.2) is 5.69 Å². The van der Waals surface area contributed by atoms with E-state index >= 15 is 0 Å². The summed E-state index contributed by atoms with van der Waals surface area (Å²) in [6, 6.07) is 7.42. The molecule has 0 amide bonds. The Balaban J connectivity index is 2.21. The van der Waals surface area contributed by atoms with Crippen molar-refractivity contribution < 1.29 is 24.0 Å². The number of carbonyl (C=O) groups is 1. The minimum absolute atomic E-state index is 0.0157. The second-order valence-electron chi connectivity index (χ2n) is 6.92. The summed E-state index contributed by atoms with van der Waals surface area (Å²) in [4.78, 5) is 19.4. The quantitative estimate of drug-likeness (QED) is 0.493. The highest BCUT2D eigenvalue weighted by Crippen LogP contribution is 2.29. The van der Waals surface area contributed by atoms with Crippen LogP contribution in [-0.4, -0.2) is 38.7 Å². The maximum Gasteiger partial charge on any atom is 0.505 e. The standard InChI is InChI=1S/C18H18BFN2O4/c1-18(2,3)26-17(23)16-15-12(8-14(22-15)19(24)25)13(9-21-16)10-5-4-6-11(20)7-10/h4-9,22,24-25H,1-3H3. The number of aromatic amines is 1. The lowest BCUT2D eigenvalue weighted by Crippen LogP contribution is -2.30. The van der Waals surface area contributed by atoms with E-state index in [0.717, 1.165) is 0 Å². The molecule has 2 heterocycles. The maximum absolute atomic E-state index is 13.6. The van der Waals surface area contributed by atoms with Crippen LogP contribution in [0.2, 0.25) is 0 Å². The smallest absolute Gasteiger partial charge is 0.455 e. The molecule has 0 spiro atoms. The van der Waals surface area contributed by atoms with E-state index in [1.807, 2.05) is 0 Å². The third kappa shape index (κ3) is 3.61. The summed E-state index contributed by atoms with van der Waals surface area (Å²) in [6.07, 6.45) is 1.44. The van der Waals surface area contributed by atoms with Gasteiger partial charge >= 0.3 is 13.1 Å². The summed E-state index contributed by atoms with van der Waals surface area (Å²) >= 11 is 0. The number of pyridine rings is 1. The highest BCUT2D eigenvalue weighted by atomic mass is 19.1. The van der Waals surface area contributed by atoms with Crippen LogP contribution in [0, 0.1) is 5.82 Å². The molecule has 26 heavy (non-hydrogen) atoms. The van der Waals surface area contributed by atoms with E-state index in [9.17, 15) is 19.2 Å². The first kappa shape index (κ1) is 18.1. The molecular formula is C18H18BFN2O4. The number of rotatable bonds is 3. The molecule has 0 fully saturated rings. The number of ether oxygens (including phenoxy) is 1. The molecule has 3 N–H and O–H groups in total. The van der Waals surface area contributed by atoms with E-state index in [4.69, 9.17) is 4.74 Å². The zero-order valence-electron chi connectivity index (χ0n) is 14.6. The van der Waals surface area contributed by atoms with Gasteiger partial charge in [-0.2, -0.15) is 0 Å². The Hall–Kier alpha value is -2.71. The van der Waals surface area contributed by atoms with Gasteiger partial charge in [-0.05, 0) is 44.5 Å². The van der Waals surface area contributed by atoms with Crippen molar-refractivity contribution in [3.05, 3.63) is 48.0 Å². The van der Waals surface area contributed by atoms with Crippen LogP contribution >= 0.6 is 0 Å². The topological polar surface area (TPSA) is 95.4 Å². The van der Waals surface area contributed by atoms with Crippen molar-refractivity contribution in [1.82, 2.24) is 9.97 Å². The molecule has 0 aliphatic heterocycles. The van der Waals surface area contributed by atoms with Crippen LogP contribution in [0.5, 0.6) is 0 Å². The van der Waals surface area contributed by atoms with Gasteiger partial charge in [-0.25, -0.2) is 14.2 Å². The maximum atomic E-state index is 13.6. The van der Waals surface area contributed by atoms with Gasteiger partial charge in [0.1, 0.15) is 11.4 Å². The van der Waals surface area contributed by atoms with Gasteiger partial charge in [-0.1, -0.05) is 12.1 Å². The van der Waals surface area contributed by atoms with Crippen molar-refractivity contribution in [3.63, 3.8) is 0 Å². The Labute approximate surface area is 149 Å². The lowest BCUT2D eigenvalue weighted by atomic mass is 9.86. The number of nitrogens with zero attached hydrogens (tertiary/aromatic N) is 1. The van der Waals surface area contributed by atoms with Crippen LogP contribution in [0.3, 0.4) is 0 Å².